The number of amides is 3. The van der Waals surface area contributed by atoms with Crippen LogP contribution in [0.25, 0.3) is 6.08 Å². The van der Waals surface area contributed by atoms with E-state index in [0.717, 1.165) is 9.13 Å². The molecular weight excluding hydrogens is 483 g/mol. The molecular formula is C22H19IN2O4. The second-order valence-corrected chi connectivity index (χ2v) is 7.28. The number of imide groups is 1. The summed E-state index contributed by atoms with van der Waals surface area (Å²) in [6.07, 6.45) is 6.90. The molecule has 148 valence electrons. The van der Waals surface area contributed by atoms with Gasteiger partial charge in [-0.3, -0.25) is 9.69 Å². The number of ether oxygens (including phenoxy) is 2. The van der Waals surface area contributed by atoms with Gasteiger partial charge in [0.2, 0.25) is 0 Å². The normalized spacial score (nSPS) is 14.7. The summed E-state index contributed by atoms with van der Waals surface area (Å²) < 4.78 is 12.0. The van der Waals surface area contributed by atoms with Crippen molar-refractivity contribution in [2.24, 2.45) is 0 Å². The van der Waals surface area contributed by atoms with Gasteiger partial charge in [-0.15, -0.1) is 6.42 Å². The van der Waals surface area contributed by atoms with Gasteiger partial charge in [0, 0.05) is 0 Å². The van der Waals surface area contributed by atoms with Gasteiger partial charge >= 0.3 is 6.03 Å². The van der Waals surface area contributed by atoms with E-state index in [-0.39, 0.29) is 24.8 Å². The minimum absolute atomic E-state index is 0.125. The molecule has 1 aliphatic heterocycles. The van der Waals surface area contributed by atoms with Gasteiger partial charge in [0.25, 0.3) is 5.91 Å². The molecule has 3 amide bonds. The molecule has 0 radical (unpaired) electrons. The second-order valence-electron chi connectivity index (χ2n) is 6.12. The molecule has 0 bridgehead atoms. The molecule has 1 aliphatic rings. The predicted molar refractivity (Wildman–Crippen MR) is 118 cm³/mol. The first-order valence-electron chi connectivity index (χ1n) is 8.94. The summed E-state index contributed by atoms with van der Waals surface area (Å²) in [5.41, 5.74) is 1.79. The van der Waals surface area contributed by atoms with E-state index >= 15 is 0 Å². The van der Waals surface area contributed by atoms with Crippen molar-refractivity contribution in [1.82, 2.24) is 10.2 Å². The molecule has 1 fully saturated rings. The van der Waals surface area contributed by atoms with Gasteiger partial charge in [-0.1, -0.05) is 36.3 Å². The molecule has 29 heavy (non-hydrogen) atoms. The fraction of sp³-hybridized carbons (Fsp3) is 0.182. The number of halogens is 1. The maximum atomic E-state index is 12.7. The van der Waals surface area contributed by atoms with Crippen LogP contribution >= 0.6 is 22.6 Å². The average Bonchev–Trinajstić information content (AvgIpc) is 2.96. The minimum atomic E-state index is -0.446. The number of nitrogens with zero attached hydrogens (tertiary/aromatic N) is 1. The maximum absolute atomic E-state index is 12.7. The van der Waals surface area contributed by atoms with Gasteiger partial charge in [-0.25, -0.2) is 4.79 Å². The Hall–Kier alpha value is -2.99. The van der Waals surface area contributed by atoms with Crippen LogP contribution < -0.4 is 14.8 Å². The lowest BCUT2D eigenvalue weighted by Gasteiger charge is -2.13. The average molecular weight is 502 g/mol. The Kier molecular flexibility index (Phi) is 6.77. The third-order valence-corrected chi connectivity index (χ3v) is 4.89. The lowest BCUT2D eigenvalue weighted by atomic mass is 10.1. The molecule has 0 aliphatic carbocycles. The molecule has 1 N–H and O–H groups in total. The number of terminal acetylenes is 1. The standard InChI is InChI=1S/C22H19IN2O4/c1-3-10-29-20-17(23)11-16(13-19(20)28-4-2)12-18-21(26)25(22(27)24-18)14-15-8-6-5-7-9-15/h1,5-9,11-13H,4,10,14H2,2H3,(H,24,27)/b18-12+. The van der Waals surface area contributed by atoms with Gasteiger partial charge < -0.3 is 14.8 Å². The van der Waals surface area contributed by atoms with E-state index in [0.29, 0.717) is 23.7 Å². The molecule has 0 unspecified atom stereocenters. The van der Waals surface area contributed by atoms with Crippen molar-refractivity contribution in [3.8, 4) is 23.8 Å². The number of carbonyl (C=O) groups is 2. The van der Waals surface area contributed by atoms with Crippen LogP contribution in [0.4, 0.5) is 4.79 Å². The third-order valence-electron chi connectivity index (χ3n) is 4.09. The first kappa shape index (κ1) is 20.7. The molecule has 6 nitrogen and oxygen atoms in total. The number of benzene rings is 2. The summed E-state index contributed by atoms with van der Waals surface area (Å²) in [6.45, 7) is 2.65. The predicted octanol–water partition coefficient (Wildman–Crippen LogP) is 3.79. The molecule has 0 saturated carbocycles. The van der Waals surface area contributed by atoms with E-state index in [1.807, 2.05) is 43.3 Å². The lowest BCUT2D eigenvalue weighted by Crippen LogP contribution is -2.30. The van der Waals surface area contributed by atoms with E-state index < -0.39 is 6.03 Å². The molecule has 7 heteroatoms. The first-order valence-corrected chi connectivity index (χ1v) is 10.0. The topological polar surface area (TPSA) is 67.9 Å². The van der Waals surface area contributed by atoms with Gasteiger partial charge in [0.1, 0.15) is 12.3 Å². The monoisotopic (exact) mass is 502 g/mol. The van der Waals surface area contributed by atoms with E-state index in [1.165, 1.54) is 4.90 Å². The molecule has 1 saturated heterocycles. The zero-order valence-corrected chi connectivity index (χ0v) is 17.9. The van der Waals surface area contributed by atoms with Crippen molar-refractivity contribution in [2.45, 2.75) is 13.5 Å². The quantitative estimate of drug-likeness (QED) is 0.271. The van der Waals surface area contributed by atoms with Crippen molar-refractivity contribution in [2.75, 3.05) is 13.2 Å². The SMILES string of the molecule is C#CCOc1c(I)cc(/C=C2/NC(=O)N(Cc3ccccc3)C2=O)cc1OCC. The van der Waals surface area contributed by atoms with Crippen LogP contribution in [0.1, 0.15) is 18.1 Å². The fourth-order valence-corrected chi connectivity index (χ4v) is 3.62. The van der Waals surface area contributed by atoms with E-state index in [1.54, 1.807) is 12.1 Å². The Morgan fingerprint density at radius 3 is 2.66 bits per heavy atom. The Bertz CT molecular complexity index is 996. The highest BCUT2D eigenvalue weighted by atomic mass is 127. The van der Waals surface area contributed by atoms with Crippen molar-refractivity contribution in [3.05, 3.63) is 62.9 Å². The summed E-state index contributed by atoms with van der Waals surface area (Å²) >= 11 is 2.12. The second kappa shape index (κ2) is 9.47. The Morgan fingerprint density at radius 1 is 1.21 bits per heavy atom. The highest BCUT2D eigenvalue weighted by Gasteiger charge is 2.33. The number of urea groups is 1. The maximum Gasteiger partial charge on any atom is 0.329 e. The highest BCUT2D eigenvalue weighted by molar-refractivity contribution is 14.1. The van der Waals surface area contributed by atoms with Crippen LogP contribution in [-0.4, -0.2) is 30.1 Å². The number of hydrogen-bond acceptors (Lipinski definition) is 4. The van der Waals surface area contributed by atoms with Gasteiger partial charge in [0.05, 0.1) is 16.7 Å². The first-order chi connectivity index (χ1) is 14.0. The minimum Gasteiger partial charge on any atom is -0.490 e. The zero-order valence-electron chi connectivity index (χ0n) is 15.8. The van der Waals surface area contributed by atoms with Gasteiger partial charge in [-0.05, 0) is 58.9 Å². The number of carbonyl (C=O) groups excluding carboxylic acids is 2. The zero-order chi connectivity index (χ0) is 20.8. The lowest BCUT2D eigenvalue weighted by molar-refractivity contribution is -0.123. The van der Waals surface area contributed by atoms with Crippen molar-refractivity contribution in [3.63, 3.8) is 0 Å². The van der Waals surface area contributed by atoms with E-state index in [9.17, 15) is 9.59 Å². The van der Waals surface area contributed by atoms with E-state index in [2.05, 4.69) is 33.8 Å². The highest BCUT2D eigenvalue weighted by Crippen LogP contribution is 2.35. The molecule has 0 aromatic heterocycles. The Morgan fingerprint density at radius 2 is 1.97 bits per heavy atom. The van der Waals surface area contributed by atoms with Crippen LogP contribution in [0.2, 0.25) is 0 Å². The molecule has 0 spiro atoms. The smallest absolute Gasteiger partial charge is 0.329 e. The summed E-state index contributed by atoms with van der Waals surface area (Å²) in [6, 6.07) is 12.5. The van der Waals surface area contributed by atoms with Crippen molar-refractivity contribution < 1.29 is 19.1 Å². The summed E-state index contributed by atoms with van der Waals surface area (Å²) in [7, 11) is 0. The van der Waals surface area contributed by atoms with Crippen molar-refractivity contribution in [1.29, 1.82) is 0 Å². The third kappa shape index (κ3) is 4.90. The number of rotatable bonds is 7. The van der Waals surface area contributed by atoms with Crippen LogP contribution in [0.15, 0.2) is 48.2 Å². The van der Waals surface area contributed by atoms with Gasteiger partial charge in [-0.2, -0.15) is 0 Å². The molecule has 2 aromatic carbocycles. The fourth-order valence-electron chi connectivity index (χ4n) is 2.84. The summed E-state index contributed by atoms with van der Waals surface area (Å²) in [5.74, 6) is 3.14. The number of nitrogens with one attached hydrogen (secondary N) is 1. The molecule has 2 aromatic rings. The largest absolute Gasteiger partial charge is 0.490 e. The molecule has 0 atom stereocenters. The van der Waals surface area contributed by atoms with Crippen LogP contribution in [0, 0.1) is 15.9 Å². The van der Waals surface area contributed by atoms with Crippen LogP contribution in [0.3, 0.4) is 0 Å². The summed E-state index contributed by atoms with van der Waals surface area (Å²) in [5, 5.41) is 2.64. The molecule has 1 heterocycles. The van der Waals surface area contributed by atoms with Crippen LogP contribution in [0.5, 0.6) is 11.5 Å². The molecule has 3 rings (SSSR count). The van der Waals surface area contributed by atoms with E-state index in [4.69, 9.17) is 15.9 Å². The van der Waals surface area contributed by atoms with Crippen molar-refractivity contribution >= 4 is 40.6 Å². The van der Waals surface area contributed by atoms with Gasteiger partial charge in [0.15, 0.2) is 11.5 Å². The summed E-state index contributed by atoms with van der Waals surface area (Å²) in [4.78, 5) is 26.2. The number of hydrogen-bond donors (Lipinski definition) is 1. The Balaban J connectivity index is 1.86. The van der Waals surface area contributed by atoms with Crippen LogP contribution in [-0.2, 0) is 11.3 Å². The Labute approximate surface area is 183 Å².